The molecule has 0 amide bonds. The first-order valence-corrected chi connectivity index (χ1v) is 9.83. The van der Waals surface area contributed by atoms with Crippen molar-refractivity contribution in [1.82, 2.24) is 0 Å². The molecule has 0 N–H and O–H groups in total. The molecule has 0 spiro atoms. The largest absolute Gasteiger partial charge is 0.350 e. The van der Waals surface area contributed by atoms with E-state index in [1.54, 1.807) is 24.3 Å². The fourth-order valence-electron chi connectivity index (χ4n) is 2.86. The second kappa shape index (κ2) is 7.52. The predicted octanol–water partition coefficient (Wildman–Crippen LogP) is 3.51. The van der Waals surface area contributed by atoms with Crippen molar-refractivity contribution in [2.45, 2.75) is 57.8 Å². The number of aryl methyl sites for hydroxylation is 1. The highest BCUT2D eigenvalue weighted by molar-refractivity contribution is 7.86. The van der Waals surface area contributed by atoms with Crippen LogP contribution in [0.5, 0.6) is 0 Å². The number of benzene rings is 1. The molecule has 2 rings (SSSR count). The molecule has 0 aromatic heterocycles. The molecule has 1 aromatic rings. The average molecular weight is 356 g/mol. The lowest BCUT2D eigenvalue weighted by atomic mass is 9.89. The predicted molar refractivity (Wildman–Crippen MR) is 92.2 cm³/mol. The summed E-state index contributed by atoms with van der Waals surface area (Å²) in [5, 5.41) is 0. The topological polar surface area (TPSA) is 61.8 Å². The molecule has 1 heterocycles. The van der Waals surface area contributed by atoms with Crippen molar-refractivity contribution in [3.05, 3.63) is 29.8 Å². The minimum Gasteiger partial charge on any atom is -0.350 e. The number of hydrogen-bond acceptors (Lipinski definition) is 5. The maximum Gasteiger partial charge on any atom is 0.296 e. The molecule has 0 radical (unpaired) electrons. The third-order valence-electron chi connectivity index (χ3n) is 4.41. The van der Waals surface area contributed by atoms with Gasteiger partial charge in [-0.15, -0.1) is 0 Å². The molecule has 0 unspecified atom stereocenters. The van der Waals surface area contributed by atoms with Crippen molar-refractivity contribution in [1.29, 1.82) is 0 Å². The Balaban J connectivity index is 2.03. The minimum absolute atomic E-state index is 0.0571. The monoisotopic (exact) mass is 356 g/mol. The lowest BCUT2D eigenvalue weighted by molar-refractivity contribution is -0.303. The van der Waals surface area contributed by atoms with Crippen LogP contribution in [0, 0.1) is 18.8 Å². The van der Waals surface area contributed by atoms with Gasteiger partial charge >= 0.3 is 0 Å². The van der Waals surface area contributed by atoms with E-state index in [4.69, 9.17) is 13.7 Å². The first-order chi connectivity index (χ1) is 11.1. The number of ether oxygens (including phenoxy) is 2. The van der Waals surface area contributed by atoms with E-state index in [1.807, 2.05) is 27.7 Å². The van der Waals surface area contributed by atoms with Crippen molar-refractivity contribution in [3.63, 3.8) is 0 Å². The van der Waals surface area contributed by atoms with E-state index in [0.29, 0.717) is 6.61 Å². The fraction of sp³-hybridized carbons (Fsp3) is 0.667. The quantitative estimate of drug-likeness (QED) is 0.730. The second-order valence-corrected chi connectivity index (χ2v) is 8.61. The zero-order valence-electron chi connectivity index (χ0n) is 15.1. The molecule has 1 aliphatic heterocycles. The lowest BCUT2D eigenvalue weighted by Crippen LogP contribution is -2.49. The minimum atomic E-state index is -3.75. The Kier molecular flexibility index (Phi) is 6.07. The smallest absolute Gasteiger partial charge is 0.296 e. The van der Waals surface area contributed by atoms with E-state index < -0.39 is 15.9 Å². The third-order valence-corrected chi connectivity index (χ3v) is 5.71. The average Bonchev–Trinajstić information content (AvgIpc) is 2.52. The molecule has 0 aliphatic carbocycles. The van der Waals surface area contributed by atoms with E-state index >= 15 is 0 Å². The fourth-order valence-corrected chi connectivity index (χ4v) is 3.86. The molecule has 0 bridgehead atoms. The molecule has 24 heavy (non-hydrogen) atoms. The van der Waals surface area contributed by atoms with E-state index in [1.165, 1.54) is 0 Å². The molecule has 3 atom stereocenters. The van der Waals surface area contributed by atoms with Crippen LogP contribution in [0.2, 0.25) is 0 Å². The number of rotatable bonds is 6. The van der Waals surface area contributed by atoms with Gasteiger partial charge in [-0.1, -0.05) is 31.5 Å². The lowest BCUT2D eigenvalue weighted by Gasteiger charge is -2.43. The highest BCUT2D eigenvalue weighted by Crippen LogP contribution is 2.32. The summed E-state index contributed by atoms with van der Waals surface area (Å²) in [4.78, 5) is 0.181. The Morgan fingerprint density at radius 2 is 1.92 bits per heavy atom. The van der Waals surface area contributed by atoms with Gasteiger partial charge in [-0.3, -0.25) is 4.18 Å². The van der Waals surface area contributed by atoms with Crippen molar-refractivity contribution < 1.29 is 22.1 Å². The molecule has 1 fully saturated rings. The van der Waals surface area contributed by atoms with Gasteiger partial charge in [0.15, 0.2) is 5.79 Å². The van der Waals surface area contributed by atoms with Gasteiger partial charge in [0.1, 0.15) is 0 Å². The Hall–Kier alpha value is -0.950. The van der Waals surface area contributed by atoms with Gasteiger partial charge < -0.3 is 9.47 Å². The summed E-state index contributed by atoms with van der Waals surface area (Å²) < 4.78 is 41.6. The Morgan fingerprint density at radius 3 is 2.50 bits per heavy atom. The normalized spacial score (nSPS) is 25.4. The molecule has 0 saturated carbocycles. The van der Waals surface area contributed by atoms with Gasteiger partial charge in [-0.05, 0) is 39.3 Å². The van der Waals surface area contributed by atoms with Crippen molar-refractivity contribution in [2.75, 3.05) is 13.2 Å². The van der Waals surface area contributed by atoms with Gasteiger partial charge in [-0.2, -0.15) is 8.42 Å². The molecule has 136 valence electrons. The van der Waals surface area contributed by atoms with Crippen molar-refractivity contribution in [2.24, 2.45) is 11.8 Å². The highest BCUT2D eigenvalue weighted by atomic mass is 32.2. The van der Waals surface area contributed by atoms with Crippen LogP contribution >= 0.6 is 0 Å². The molecule has 1 saturated heterocycles. The standard InChI is InChI=1S/C18H28O5S/c1-6-15-12-21-18(4,5)23-17(15)14(3)11-22-24(19,20)16-9-7-13(2)8-10-16/h7-10,14-15,17H,6,11-12H2,1-5H3/t14-,15-,17-/m0/s1. The first-order valence-electron chi connectivity index (χ1n) is 8.42. The third kappa shape index (κ3) is 4.79. The highest BCUT2D eigenvalue weighted by Gasteiger charge is 2.38. The zero-order chi connectivity index (χ0) is 18.0. The van der Waals surface area contributed by atoms with Crippen molar-refractivity contribution >= 4 is 10.1 Å². The summed E-state index contributed by atoms with van der Waals surface area (Å²) in [6, 6.07) is 6.66. The summed E-state index contributed by atoms with van der Waals surface area (Å²) in [6.45, 7) is 10.4. The van der Waals surface area contributed by atoms with Crippen molar-refractivity contribution in [3.8, 4) is 0 Å². The van der Waals surface area contributed by atoms with Crippen LogP contribution in [0.3, 0.4) is 0 Å². The molecule has 5 nitrogen and oxygen atoms in total. The Labute approximate surface area is 145 Å². The van der Waals surface area contributed by atoms with Crippen LogP contribution in [0.25, 0.3) is 0 Å². The summed E-state index contributed by atoms with van der Waals surface area (Å²) in [5.41, 5.74) is 1.01. The van der Waals surface area contributed by atoms with E-state index in [9.17, 15) is 8.42 Å². The van der Waals surface area contributed by atoms with Gasteiger partial charge in [0.25, 0.3) is 10.1 Å². The van der Waals surface area contributed by atoms with Gasteiger partial charge in [-0.25, -0.2) is 0 Å². The first kappa shape index (κ1) is 19.4. The zero-order valence-corrected chi connectivity index (χ0v) is 15.9. The van der Waals surface area contributed by atoms with Crippen LogP contribution in [-0.4, -0.2) is 33.5 Å². The second-order valence-electron chi connectivity index (χ2n) is 6.99. The SMILES string of the molecule is CC[C@H]1COC(C)(C)O[C@H]1[C@@H](C)COS(=O)(=O)c1ccc(C)cc1. The Morgan fingerprint density at radius 1 is 1.29 bits per heavy atom. The van der Waals surface area contributed by atoms with Crippen LogP contribution in [0.1, 0.15) is 39.7 Å². The molecular weight excluding hydrogens is 328 g/mol. The van der Waals surface area contributed by atoms with Crippen LogP contribution in [-0.2, 0) is 23.8 Å². The summed E-state index contributed by atoms with van der Waals surface area (Å²) in [5.74, 6) is -0.475. The van der Waals surface area contributed by atoms with E-state index in [0.717, 1.165) is 12.0 Å². The maximum absolute atomic E-state index is 12.3. The van der Waals surface area contributed by atoms with Gasteiger partial charge in [0.2, 0.25) is 0 Å². The summed E-state index contributed by atoms with van der Waals surface area (Å²) in [6.07, 6.45) is 0.822. The van der Waals surface area contributed by atoms with E-state index in [2.05, 4.69) is 6.92 Å². The molecular formula is C18H28O5S. The van der Waals surface area contributed by atoms with Crippen LogP contribution in [0.15, 0.2) is 29.2 Å². The molecule has 1 aromatic carbocycles. The Bertz CT molecular complexity index is 636. The number of hydrogen-bond donors (Lipinski definition) is 0. The van der Waals surface area contributed by atoms with E-state index in [-0.39, 0.29) is 29.4 Å². The van der Waals surface area contributed by atoms with Crippen LogP contribution in [0.4, 0.5) is 0 Å². The van der Waals surface area contributed by atoms with Crippen LogP contribution < -0.4 is 0 Å². The van der Waals surface area contributed by atoms with Gasteiger partial charge in [0, 0.05) is 11.8 Å². The summed E-state index contributed by atoms with van der Waals surface area (Å²) >= 11 is 0. The van der Waals surface area contributed by atoms with Gasteiger partial charge in [0.05, 0.1) is 24.2 Å². The molecule has 6 heteroatoms. The maximum atomic E-state index is 12.3. The molecule has 1 aliphatic rings. The summed E-state index contributed by atoms with van der Waals surface area (Å²) in [7, 11) is -3.75.